The molecule has 2 saturated carbocycles. The van der Waals surface area contributed by atoms with Crippen LogP contribution in [0.2, 0.25) is 0 Å². The van der Waals surface area contributed by atoms with Crippen molar-refractivity contribution in [2.75, 3.05) is 0 Å². The van der Waals surface area contributed by atoms with Crippen LogP contribution in [-0.2, 0) is 6.42 Å². The summed E-state index contributed by atoms with van der Waals surface area (Å²) in [5, 5.41) is 9.68. The van der Waals surface area contributed by atoms with Gasteiger partial charge in [0, 0.05) is 0 Å². The highest BCUT2D eigenvalue weighted by atomic mass is 16.3. The van der Waals surface area contributed by atoms with Crippen molar-refractivity contribution in [2.24, 2.45) is 17.3 Å². The third-order valence-electron chi connectivity index (χ3n) is 6.49. The molecule has 4 atom stereocenters. The molecule has 2 fully saturated rings. The Labute approximate surface area is 116 Å². The molecule has 4 rings (SSSR count). The van der Waals surface area contributed by atoms with Crippen molar-refractivity contribution < 1.29 is 5.11 Å². The molecular formula is C18H24O. The van der Waals surface area contributed by atoms with E-state index in [1.54, 1.807) is 5.56 Å². The van der Waals surface area contributed by atoms with Gasteiger partial charge >= 0.3 is 0 Å². The fourth-order valence-corrected chi connectivity index (χ4v) is 5.56. The van der Waals surface area contributed by atoms with Gasteiger partial charge in [0.05, 0.1) is 0 Å². The van der Waals surface area contributed by atoms with Gasteiger partial charge < -0.3 is 5.11 Å². The second-order valence-corrected chi connectivity index (χ2v) is 7.38. The van der Waals surface area contributed by atoms with Crippen molar-refractivity contribution >= 4 is 0 Å². The molecule has 0 spiro atoms. The van der Waals surface area contributed by atoms with E-state index in [0.29, 0.717) is 11.2 Å². The second-order valence-electron chi connectivity index (χ2n) is 7.38. The third kappa shape index (κ3) is 1.67. The second kappa shape index (κ2) is 4.01. The van der Waals surface area contributed by atoms with Crippen LogP contribution >= 0.6 is 0 Å². The average Bonchev–Trinajstić information content (AvgIpc) is 2.79. The highest BCUT2D eigenvalue weighted by Crippen LogP contribution is 2.60. The van der Waals surface area contributed by atoms with E-state index in [1.807, 2.05) is 12.1 Å². The predicted octanol–water partition coefficient (Wildman–Crippen LogP) is 4.64. The van der Waals surface area contributed by atoms with E-state index in [9.17, 15) is 5.11 Å². The molecule has 0 heterocycles. The largest absolute Gasteiger partial charge is 0.508 e. The number of hydrogen-bond acceptors (Lipinski definition) is 1. The van der Waals surface area contributed by atoms with Crippen LogP contribution in [0.3, 0.4) is 0 Å². The summed E-state index contributed by atoms with van der Waals surface area (Å²) in [7, 11) is 0. The molecule has 1 N–H and O–H groups in total. The SMILES string of the molecule is CC12CCCC1C1CCc3cc(O)ccc3C1CC2. The molecule has 1 nitrogen and oxygen atoms in total. The predicted molar refractivity (Wildman–Crippen MR) is 77.3 cm³/mol. The first-order valence-corrected chi connectivity index (χ1v) is 7.99. The van der Waals surface area contributed by atoms with Crippen LogP contribution in [-0.4, -0.2) is 5.11 Å². The van der Waals surface area contributed by atoms with E-state index >= 15 is 0 Å². The number of aryl methyl sites for hydroxylation is 1. The molecule has 0 radical (unpaired) electrons. The molecule has 102 valence electrons. The minimum absolute atomic E-state index is 0.443. The number of benzene rings is 1. The smallest absolute Gasteiger partial charge is 0.115 e. The number of rotatable bonds is 0. The zero-order chi connectivity index (χ0) is 13.0. The molecular weight excluding hydrogens is 232 g/mol. The maximum absolute atomic E-state index is 9.68. The van der Waals surface area contributed by atoms with Crippen LogP contribution in [0.25, 0.3) is 0 Å². The topological polar surface area (TPSA) is 20.2 Å². The van der Waals surface area contributed by atoms with Gasteiger partial charge in [-0.05, 0) is 85.0 Å². The first-order chi connectivity index (χ1) is 9.17. The number of fused-ring (bicyclic) bond motifs is 5. The zero-order valence-corrected chi connectivity index (χ0v) is 11.9. The molecule has 4 unspecified atom stereocenters. The Morgan fingerprint density at radius 2 is 2.05 bits per heavy atom. The maximum atomic E-state index is 9.68. The molecule has 0 aromatic heterocycles. The molecule has 19 heavy (non-hydrogen) atoms. The van der Waals surface area contributed by atoms with E-state index in [1.165, 1.54) is 50.5 Å². The summed E-state index contributed by atoms with van der Waals surface area (Å²) in [6.45, 7) is 2.55. The summed E-state index contributed by atoms with van der Waals surface area (Å²) < 4.78 is 0. The summed E-state index contributed by atoms with van der Waals surface area (Å²) in [6, 6.07) is 6.11. The lowest BCUT2D eigenvalue weighted by atomic mass is 9.56. The van der Waals surface area contributed by atoms with Crippen LogP contribution in [0.4, 0.5) is 0 Å². The van der Waals surface area contributed by atoms with E-state index in [0.717, 1.165) is 17.8 Å². The van der Waals surface area contributed by atoms with Gasteiger partial charge in [0.1, 0.15) is 5.75 Å². The molecule has 1 heteroatoms. The van der Waals surface area contributed by atoms with Crippen molar-refractivity contribution in [3.63, 3.8) is 0 Å². The molecule has 0 bridgehead atoms. The highest BCUT2D eigenvalue weighted by Gasteiger charge is 2.50. The minimum Gasteiger partial charge on any atom is -0.508 e. The van der Waals surface area contributed by atoms with Gasteiger partial charge in [-0.25, -0.2) is 0 Å². The van der Waals surface area contributed by atoms with Crippen molar-refractivity contribution in [2.45, 2.75) is 57.8 Å². The molecule has 0 saturated heterocycles. The van der Waals surface area contributed by atoms with Gasteiger partial charge in [-0.3, -0.25) is 0 Å². The van der Waals surface area contributed by atoms with Gasteiger partial charge in [0.2, 0.25) is 0 Å². The van der Waals surface area contributed by atoms with Gasteiger partial charge in [0.15, 0.2) is 0 Å². The van der Waals surface area contributed by atoms with E-state index < -0.39 is 0 Å². The number of phenolic OH excluding ortho intramolecular Hbond substituents is 1. The van der Waals surface area contributed by atoms with Crippen LogP contribution in [0, 0.1) is 17.3 Å². The first kappa shape index (κ1) is 11.8. The Hall–Kier alpha value is -0.980. The zero-order valence-electron chi connectivity index (χ0n) is 11.9. The minimum atomic E-state index is 0.443. The number of hydrogen-bond donors (Lipinski definition) is 1. The lowest BCUT2D eigenvalue weighted by molar-refractivity contribution is 0.0598. The highest BCUT2D eigenvalue weighted by molar-refractivity contribution is 5.40. The van der Waals surface area contributed by atoms with E-state index in [-0.39, 0.29) is 0 Å². The Bertz CT molecular complexity index is 506. The van der Waals surface area contributed by atoms with Crippen molar-refractivity contribution in [3.05, 3.63) is 29.3 Å². The summed E-state index contributed by atoms with van der Waals surface area (Å²) in [5.41, 5.74) is 3.63. The fraction of sp³-hybridized carbons (Fsp3) is 0.667. The maximum Gasteiger partial charge on any atom is 0.115 e. The molecule has 3 aliphatic carbocycles. The Kier molecular flexibility index (Phi) is 2.49. The lowest BCUT2D eigenvalue weighted by Gasteiger charge is -2.49. The van der Waals surface area contributed by atoms with E-state index in [2.05, 4.69) is 13.0 Å². The van der Waals surface area contributed by atoms with Crippen LogP contribution in [0.1, 0.15) is 62.5 Å². The molecule has 0 aliphatic heterocycles. The summed E-state index contributed by atoms with van der Waals surface area (Å²) >= 11 is 0. The first-order valence-electron chi connectivity index (χ1n) is 7.99. The summed E-state index contributed by atoms with van der Waals surface area (Å²) in [6.07, 6.45) is 9.69. The van der Waals surface area contributed by atoms with Gasteiger partial charge in [-0.1, -0.05) is 19.4 Å². The van der Waals surface area contributed by atoms with Gasteiger partial charge in [-0.2, -0.15) is 0 Å². The average molecular weight is 256 g/mol. The van der Waals surface area contributed by atoms with Crippen molar-refractivity contribution in [1.29, 1.82) is 0 Å². The molecule has 3 aliphatic rings. The Morgan fingerprint density at radius 1 is 1.16 bits per heavy atom. The van der Waals surface area contributed by atoms with Crippen LogP contribution < -0.4 is 0 Å². The molecule has 0 amide bonds. The molecule has 1 aromatic carbocycles. The Balaban J connectivity index is 1.72. The monoisotopic (exact) mass is 256 g/mol. The van der Waals surface area contributed by atoms with Crippen molar-refractivity contribution in [3.8, 4) is 5.75 Å². The lowest BCUT2D eigenvalue weighted by Crippen LogP contribution is -2.39. The third-order valence-corrected chi connectivity index (χ3v) is 6.49. The van der Waals surface area contributed by atoms with Crippen LogP contribution in [0.15, 0.2) is 18.2 Å². The van der Waals surface area contributed by atoms with Crippen molar-refractivity contribution in [1.82, 2.24) is 0 Å². The quantitative estimate of drug-likeness (QED) is 0.717. The fourth-order valence-electron chi connectivity index (χ4n) is 5.56. The van der Waals surface area contributed by atoms with E-state index in [4.69, 9.17) is 0 Å². The molecule has 1 aromatic rings. The Morgan fingerprint density at radius 3 is 2.95 bits per heavy atom. The van der Waals surface area contributed by atoms with Crippen LogP contribution in [0.5, 0.6) is 5.75 Å². The number of aromatic hydroxyl groups is 1. The standard InChI is InChI=1S/C18H24O/c1-18-9-2-3-17(18)16-6-4-12-11-13(19)5-7-14(12)15(16)8-10-18/h5,7,11,15-17,19H,2-4,6,8-10H2,1H3. The number of phenols is 1. The summed E-state index contributed by atoms with van der Waals surface area (Å²) in [5.74, 6) is 3.10. The summed E-state index contributed by atoms with van der Waals surface area (Å²) in [4.78, 5) is 0. The normalized spacial score (nSPS) is 40.4. The van der Waals surface area contributed by atoms with Gasteiger partial charge in [-0.15, -0.1) is 0 Å². The van der Waals surface area contributed by atoms with Gasteiger partial charge in [0.25, 0.3) is 0 Å².